The Hall–Kier alpha value is -2.61. The summed E-state index contributed by atoms with van der Waals surface area (Å²) in [5.41, 5.74) is 1.35. The van der Waals surface area contributed by atoms with Crippen molar-refractivity contribution >= 4 is 78.2 Å². The first-order valence-corrected chi connectivity index (χ1v) is 14.6. The Kier molecular flexibility index (Phi) is 17.7. The van der Waals surface area contributed by atoms with E-state index >= 15 is 0 Å². The molecule has 0 saturated heterocycles. The maximum atomic E-state index is 14.1. The molecule has 4 rings (SSSR count). The van der Waals surface area contributed by atoms with Gasteiger partial charge in [0.1, 0.15) is 50.0 Å². The Balaban J connectivity index is 0.000000886. The third-order valence-corrected chi connectivity index (χ3v) is 7.34. The Morgan fingerprint density at radius 1 is 0.792 bits per heavy atom. The van der Waals surface area contributed by atoms with Crippen molar-refractivity contribution in [2.24, 2.45) is 0 Å². The number of benzene rings is 2. The van der Waals surface area contributed by atoms with Gasteiger partial charge in [-0.25, -0.2) is 27.5 Å². The molecule has 0 spiro atoms. The summed E-state index contributed by atoms with van der Waals surface area (Å²) >= 11 is 23.8. The standard InChI is InChI=1S/C16H13Cl2F2NO2.C16H9Cl2F2NO2.B.Na.H/c2*1-8(22)14(23)5-4-11-12(7-15(17)21-16(11)18)10-3-2-9(19)6-13(10)20;;;/h2-3,6-7,14,23H,4-5H2,1H3;2-7H,1H3;;;/q;;;+1;-1/b;5-4+;;;. The number of Topliss-reactive ketones (excluding diaryl/α,β-unsaturated/α-hetero) is 2. The van der Waals surface area contributed by atoms with Crippen LogP contribution in [-0.4, -0.2) is 46.9 Å². The molecule has 0 fully saturated rings. The van der Waals surface area contributed by atoms with Crippen molar-refractivity contribution in [2.45, 2.75) is 32.8 Å². The topological polar surface area (TPSA) is 97.2 Å². The number of aliphatic hydroxyl groups excluding tert-OH is 1. The van der Waals surface area contributed by atoms with Crippen LogP contribution >= 0.6 is 46.4 Å². The van der Waals surface area contributed by atoms with E-state index in [1.165, 1.54) is 37.3 Å². The van der Waals surface area contributed by atoms with Crippen LogP contribution in [0.25, 0.3) is 28.3 Å². The largest absolute Gasteiger partial charge is 1.00 e. The van der Waals surface area contributed by atoms with Crippen LogP contribution in [0.4, 0.5) is 17.6 Å². The minimum absolute atomic E-state index is 0. The van der Waals surface area contributed by atoms with Crippen molar-refractivity contribution < 1.29 is 68.0 Å². The van der Waals surface area contributed by atoms with E-state index in [1.54, 1.807) is 0 Å². The quantitative estimate of drug-likeness (QED) is 0.0804. The fourth-order valence-electron chi connectivity index (χ4n) is 4.04. The van der Waals surface area contributed by atoms with Gasteiger partial charge in [0.25, 0.3) is 0 Å². The minimum Gasteiger partial charge on any atom is -1.00 e. The smallest absolute Gasteiger partial charge is 1.00 e. The Morgan fingerprint density at radius 3 is 1.75 bits per heavy atom. The first-order valence-electron chi connectivity index (χ1n) is 13.1. The molecule has 48 heavy (non-hydrogen) atoms. The molecule has 1 atom stereocenters. The third-order valence-electron chi connectivity index (χ3n) is 6.35. The van der Waals surface area contributed by atoms with Crippen LogP contribution < -0.4 is 29.6 Å². The summed E-state index contributed by atoms with van der Waals surface area (Å²) in [6.45, 7) is 2.39. The van der Waals surface area contributed by atoms with E-state index in [0.29, 0.717) is 17.2 Å². The van der Waals surface area contributed by atoms with E-state index in [-0.39, 0.29) is 101 Å². The number of nitrogens with zero attached hydrogens (tertiary/aromatic N) is 2. The van der Waals surface area contributed by atoms with Crippen molar-refractivity contribution in [3.63, 3.8) is 0 Å². The molecule has 4 aromatic rings. The van der Waals surface area contributed by atoms with E-state index in [1.807, 2.05) is 0 Å². The van der Waals surface area contributed by atoms with Gasteiger partial charge in [-0.15, -0.1) is 0 Å². The van der Waals surface area contributed by atoms with Gasteiger partial charge in [0.2, 0.25) is 5.78 Å². The normalized spacial score (nSPS) is 11.1. The molecule has 245 valence electrons. The van der Waals surface area contributed by atoms with Gasteiger partial charge in [0, 0.05) is 44.2 Å². The number of carbonyl (C=O) groups is 3. The van der Waals surface area contributed by atoms with Crippen LogP contribution in [0, 0.1) is 23.3 Å². The van der Waals surface area contributed by atoms with E-state index < -0.39 is 40.9 Å². The molecular formula is C32H23BCl4F4N2NaO4. The van der Waals surface area contributed by atoms with Gasteiger partial charge in [0.15, 0.2) is 11.6 Å². The SMILES string of the molecule is CC(=O)C(=O)/C=C/c1c(-c2ccc(F)cc2F)cc(Cl)nc1Cl.CC(=O)C(O)CCc1c(-c2ccc(F)cc2F)cc(Cl)nc1Cl.[B].[H-].[Na+]. The maximum Gasteiger partial charge on any atom is 1.00 e. The number of allylic oxidation sites excluding steroid dienone is 1. The number of hydrogen-bond donors (Lipinski definition) is 1. The monoisotopic (exact) mass is 749 g/mol. The molecule has 6 nitrogen and oxygen atoms in total. The molecule has 2 aromatic heterocycles. The molecule has 3 radical (unpaired) electrons. The van der Waals surface area contributed by atoms with Crippen LogP contribution in [0.3, 0.4) is 0 Å². The Morgan fingerprint density at radius 2 is 1.27 bits per heavy atom. The van der Waals surface area contributed by atoms with Crippen molar-refractivity contribution in [1.29, 1.82) is 0 Å². The van der Waals surface area contributed by atoms with Gasteiger partial charge < -0.3 is 6.53 Å². The van der Waals surface area contributed by atoms with Crippen LogP contribution in [0.2, 0.25) is 20.6 Å². The average Bonchev–Trinajstić information content (AvgIpc) is 2.95. The van der Waals surface area contributed by atoms with Crippen LogP contribution in [-0.2, 0) is 20.8 Å². The summed E-state index contributed by atoms with van der Waals surface area (Å²) in [5.74, 6) is -4.81. The number of pyridine rings is 2. The van der Waals surface area contributed by atoms with Crippen molar-refractivity contribution in [3.8, 4) is 22.3 Å². The Labute approximate surface area is 318 Å². The second kappa shape index (κ2) is 19.5. The number of rotatable bonds is 9. The van der Waals surface area contributed by atoms with Crippen LogP contribution in [0.15, 0.2) is 54.6 Å². The van der Waals surface area contributed by atoms with Gasteiger partial charge in [0.05, 0.1) is 0 Å². The summed E-state index contributed by atoms with van der Waals surface area (Å²) in [7, 11) is 0. The number of carbonyl (C=O) groups excluding carboxylic acids is 3. The molecule has 0 amide bonds. The van der Waals surface area contributed by atoms with Crippen LogP contribution in [0.1, 0.15) is 32.8 Å². The first-order chi connectivity index (χ1) is 21.6. The van der Waals surface area contributed by atoms with Gasteiger partial charge in [-0.2, -0.15) is 0 Å². The first kappa shape index (κ1) is 43.4. The van der Waals surface area contributed by atoms with E-state index in [0.717, 1.165) is 31.2 Å². The zero-order chi connectivity index (χ0) is 34.3. The number of halogens is 8. The molecule has 1 N–H and O–H groups in total. The molecule has 0 bridgehead atoms. The number of aromatic nitrogens is 2. The van der Waals surface area contributed by atoms with Gasteiger partial charge in [-0.1, -0.05) is 46.4 Å². The maximum absolute atomic E-state index is 14.1. The summed E-state index contributed by atoms with van der Waals surface area (Å²) in [4.78, 5) is 41.2. The van der Waals surface area contributed by atoms with Crippen LogP contribution in [0.5, 0.6) is 0 Å². The van der Waals surface area contributed by atoms with Gasteiger partial charge in [-0.05, 0) is 85.0 Å². The predicted octanol–water partition coefficient (Wildman–Crippen LogP) is 5.46. The second-order valence-electron chi connectivity index (χ2n) is 9.63. The van der Waals surface area contributed by atoms with Crippen molar-refractivity contribution in [1.82, 2.24) is 9.97 Å². The zero-order valence-corrected chi connectivity index (χ0v) is 30.5. The Bertz CT molecular complexity index is 1870. The number of aliphatic hydroxyl groups is 1. The summed E-state index contributed by atoms with van der Waals surface area (Å²) in [5, 5.41) is 9.65. The number of hydrogen-bond acceptors (Lipinski definition) is 6. The molecule has 0 aliphatic heterocycles. The molecule has 16 heteroatoms. The fraction of sp³-hybridized carbons (Fsp3) is 0.156. The van der Waals surface area contributed by atoms with Gasteiger partial charge in [-0.3, -0.25) is 14.4 Å². The molecular weight excluding hydrogens is 728 g/mol. The molecule has 0 aliphatic rings. The van der Waals surface area contributed by atoms with Gasteiger partial charge >= 0.3 is 29.6 Å². The minimum atomic E-state index is -1.15. The molecule has 0 aliphatic carbocycles. The molecule has 2 heterocycles. The van der Waals surface area contributed by atoms with E-state index in [9.17, 15) is 37.1 Å². The molecule has 1 unspecified atom stereocenters. The fourth-order valence-corrected chi connectivity index (χ4v) is 5.06. The van der Waals surface area contributed by atoms with Crippen molar-refractivity contribution in [2.75, 3.05) is 0 Å². The van der Waals surface area contributed by atoms with Crippen molar-refractivity contribution in [3.05, 3.63) is 110 Å². The number of ketones is 3. The summed E-state index contributed by atoms with van der Waals surface area (Å²) < 4.78 is 54.2. The second-order valence-corrected chi connectivity index (χ2v) is 11.1. The third kappa shape index (κ3) is 11.8. The van der Waals surface area contributed by atoms with E-state index in [4.69, 9.17) is 46.4 Å². The molecule has 0 saturated carbocycles. The van der Waals surface area contributed by atoms with E-state index in [2.05, 4.69) is 9.97 Å². The summed E-state index contributed by atoms with van der Waals surface area (Å²) in [6.07, 6.45) is 1.40. The summed E-state index contributed by atoms with van der Waals surface area (Å²) in [6, 6.07) is 8.91. The predicted molar refractivity (Wildman–Crippen MR) is 176 cm³/mol. The molecule has 2 aromatic carbocycles. The average molecular weight is 751 g/mol. The zero-order valence-electron chi connectivity index (χ0n) is 26.4.